The third kappa shape index (κ3) is 2.79. The summed E-state index contributed by atoms with van der Waals surface area (Å²) in [5, 5.41) is 25.2. The third-order valence-corrected chi connectivity index (χ3v) is 2.70. The topological polar surface area (TPSA) is 99.8 Å². The number of rotatable bonds is 1. The first-order valence-electron chi connectivity index (χ1n) is 5.72. The molecular weight excluding hydrogens is 242 g/mol. The van der Waals surface area contributed by atoms with E-state index in [1.54, 1.807) is 25.1 Å². The van der Waals surface area contributed by atoms with E-state index in [9.17, 15) is 5.21 Å². The molecule has 0 atom stereocenters. The molecular formula is C13H15N5O. The molecule has 0 fully saturated rings. The van der Waals surface area contributed by atoms with E-state index in [2.05, 4.69) is 10.2 Å². The maximum absolute atomic E-state index is 9.58. The highest BCUT2D eigenvalue weighted by Gasteiger charge is 2.10. The number of allylic oxidation sites excluding steroid dienone is 3. The predicted molar refractivity (Wildman–Crippen MR) is 73.1 cm³/mol. The van der Waals surface area contributed by atoms with E-state index in [1.165, 1.54) is 12.3 Å². The van der Waals surface area contributed by atoms with Crippen LogP contribution in [0.25, 0.3) is 0 Å². The number of hydrogen-bond acceptors (Lipinski definition) is 5. The van der Waals surface area contributed by atoms with Crippen molar-refractivity contribution < 1.29 is 5.21 Å². The number of nitrogens with two attached hydrogens (primary N) is 1. The lowest BCUT2D eigenvalue weighted by Crippen LogP contribution is -2.20. The fourth-order valence-electron chi connectivity index (χ4n) is 1.56. The van der Waals surface area contributed by atoms with Crippen LogP contribution in [0.1, 0.15) is 12.5 Å². The van der Waals surface area contributed by atoms with Gasteiger partial charge in [-0.05, 0) is 49.3 Å². The molecule has 2 rings (SSSR count). The lowest BCUT2D eigenvalue weighted by atomic mass is 10.0. The van der Waals surface area contributed by atoms with Gasteiger partial charge in [0.25, 0.3) is 0 Å². The smallest absolute Gasteiger partial charge is 0.190 e. The summed E-state index contributed by atoms with van der Waals surface area (Å²) in [6.45, 7) is 3.70. The van der Waals surface area contributed by atoms with Crippen molar-refractivity contribution in [1.29, 1.82) is 5.41 Å². The normalized spacial score (nSPS) is 18.5. The van der Waals surface area contributed by atoms with E-state index >= 15 is 0 Å². The molecule has 0 saturated carbocycles. The van der Waals surface area contributed by atoms with Crippen LogP contribution < -0.4 is 11.2 Å². The minimum atomic E-state index is 0.312. The largest absolute Gasteiger partial charge is 0.427 e. The zero-order chi connectivity index (χ0) is 14.0. The lowest BCUT2D eigenvalue weighted by molar-refractivity contribution is 0.171. The standard InChI is InChI=1S/C13H15N5O/c1-8-3-4-18(19)13(5-8)17-16-12-6-9(2)10(14)7-11(12)15/h3-7,14,19H,15H2,1-2H3/b14-10?,16-12?,17-13+. The summed E-state index contributed by atoms with van der Waals surface area (Å²) in [5.74, 6) is 0. The summed E-state index contributed by atoms with van der Waals surface area (Å²) in [6.07, 6.45) is 4.72. The van der Waals surface area contributed by atoms with Crippen molar-refractivity contribution in [1.82, 2.24) is 4.73 Å². The Hall–Kier alpha value is -2.63. The Balaban J connectivity index is 2.45. The minimum absolute atomic E-state index is 0.312. The van der Waals surface area contributed by atoms with Gasteiger partial charge in [-0.25, -0.2) is 0 Å². The molecule has 1 heterocycles. The van der Waals surface area contributed by atoms with Crippen LogP contribution >= 0.6 is 0 Å². The number of aromatic nitrogens is 1. The van der Waals surface area contributed by atoms with E-state index in [-0.39, 0.29) is 0 Å². The van der Waals surface area contributed by atoms with Gasteiger partial charge in [0.2, 0.25) is 0 Å². The van der Waals surface area contributed by atoms with Crippen molar-refractivity contribution in [2.45, 2.75) is 13.8 Å². The highest BCUT2D eigenvalue weighted by atomic mass is 16.5. The average Bonchev–Trinajstić information content (AvgIpc) is 2.36. The van der Waals surface area contributed by atoms with Crippen LogP contribution in [0.2, 0.25) is 0 Å². The Morgan fingerprint density at radius 1 is 1.26 bits per heavy atom. The lowest BCUT2D eigenvalue weighted by Gasteiger charge is -2.09. The maximum Gasteiger partial charge on any atom is 0.190 e. The number of pyridine rings is 1. The van der Waals surface area contributed by atoms with Gasteiger partial charge in [0.1, 0.15) is 5.71 Å². The average molecular weight is 257 g/mol. The van der Waals surface area contributed by atoms with Gasteiger partial charge in [-0.3, -0.25) is 0 Å². The molecule has 4 N–H and O–H groups in total. The molecule has 0 radical (unpaired) electrons. The van der Waals surface area contributed by atoms with E-state index in [0.29, 0.717) is 22.6 Å². The SMILES string of the molecule is CC1=CC(=N/N=c2\cc(C)ccn2O)C(N)=CC1=N. The second-order valence-corrected chi connectivity index (χ2v) is 4.33. The molecule has 1 aromatic heterocycles. The van der Waals surface area contributed by atoms with Crippen molar-refractivity contribution in [2.24, 2.45) is 15.9 Å². The molecule has 0 spiro atoms. The van der Waals surface area contributed by atoms with Crippen molar-refractivity contribution >= 4 is 11.4 Å². The molecule has 19 heavy (non-hydrogen) atoms. The van der Waals surface area contributed by atoms with Crippen molar-refractivity contribution in [3.8, 4) is 0 Å². The number of hydrogen-bond donors (Lipinski definition) is 3. The van der Waals surface area contributed by atoms with Crippen molar-refractivity contribution in [2.75, 3.05) is 0 Å². The molecule has 1 aromatic rings. The van der Waals surface area contributed by atoms with Crippen LogP contribution in [0.4, 0.5) is 0 Å². The first-order valence-corrected chi connectivity index (χ1v) is 5.72. The Bertz CT molecular complexity index is 691. The summed E-state index contributed by atoms with van der Waals surface area (Å²) >= 11 is 0. The molecule has 0 saturated heterocycles. The highest BCUT2D eigenvalue weighted by Crippen LogP contribution is 2.09. The first-order chi connectivity index (χ1) is 8.97. The van der Waals surface area contributed by atoms with Gasteiger partial charge in [0, 0.05) is 6.20 Å². The molecule has 6 heteroatoms. The molecule has 0 bridgehead atoms. The van der Waals surface area contributed by atoms with E-state index in [1.807, 2.05) is 6.92 Å². The predicted octanol–water partition coefficient (Wildman–Crippen LogP) is 1.11. The summed E-state index contributed by atoms with van der Waals surface area (Å²) in [4.78, 5) is 0. The molecule has 1 aliphatic rings. The molecule has 0 unspecified atom stereocenters. The molecule has 0 amide bonds. The Kier molecular flexibility index (Phi) is 3.33. The third-order valence-electron chi connectivity index (χ3n) is 2.70. The van der Waals surface area contributed by atoms with E-state index in [4.69, 9.17) is 11.1 Å². The zero-order valence-electron chi connectivity index (χ0n) is 10.8. The van der Waals surface area contributed by atoms with Gasteiger partial charge >= 0.3 is 0 Å². The molecule has 0 aliphatic heterocycles. The minimum Gasteiger partial charge on any atom is -0.427 e. The van der Waals surface area contributed by atoms with Crippen LogP contribution in [-0.4, -0.2) is 21.4 Å². The Labute approximate surface area is 110 Å². The number of nitrogens with one attached hydrogen (secondary N) is 1. The fourth-order valence-corrected chi connectivity index (χ4v) is 1.56. The summed E-state index contributed by atoms with van der Waals surface area (Å²) in [7, 11) is 0. The Morgan fingerprint density at radius 3 is 2.74 bits per heavy atom. The van der Waals surface area contributed by atoms with Gasteiger partial charge in [0.05, 0.1) is 11.4 Å². The maximum atomic E-state index is 9.58. The van der Waals surface area contributed by atoms with Crippen LogP contribution in [0.5, 0.6) is 0 Å². The van der Waals surface area contributed by atoms with Gasteiger partial charge in [-0.2, -0.15) is 4.73 Å². The quantitative estimate of drug-likeness (QED) is 0.399. The first kappa shape index (κ1) is 12.8. The second-order valence-electron chi connectivity index (χ2n) is 4.33. The molecule has 0 aromatic carbocycles. The van der Waals surface area contributed by atoms with Crippen LogP contribution in [0.15, 0.2) is 52.0 Å². The van der Waals surface area contributed by atoms with Gasteiger partial charge in [0.15, 0.2) is 5.49 Å². The summed E-state index contributed by atoms with van der Waals surface area (Å²) < 4.78 is 0.887. The van der Waals surface area contributed by atoms with Crippen molar-refractivity contribution in [3.05, 3.63) is 52.8 Å². The van der Waals surface area contributed by atoms with Gasteiger partial charge in [-0.1, -0.05) is 0 Å². The summed E-state index contributed by atoms with van der Waals surface area (Å²) in [5.41, 5.74) is 9.05. The van der Waals surface area contributed by atoms with Gasteiger partial charge < -0.3 is 16.4 Å². The highest BCUT2D eigenvalue weighted by molar-refractivity contribution is 6.22. The molecule has 98 valence electrons. The monoisotopic (exact) mass is 257 g/mol. The fraction of sp³-hybridized carbons (Fsp3) is 0.154. The summed E-state index contributed by atoms with van der Waals surface area (Å²) in [6, 6.07) is 3.46. The number of aryl methyl sites for hydroxylation is 1. The Morgan fingerprint density at radius 2 is 2.00 bits per heavy atom. The van der Waals surface area contributed by atoms with E-state index in [0.717, 1.165) is 15.9 Å². The van der Waals surface area contributed by atoms with Crippen LogP contribution in [0, 0.1) is 12.3 Å². The number of nitrogens with zero attached hydrogens (tertiary/aromatic N) is 3. The second kappa shape index (κ2) is 4.93. The van der Waals surface area contributed by atoms with E-state index < -0.39 is 0 Å². The molecule has 1 aliphatic carbocycles. The van der Waals surface area contributed by atoms with Crippen LogP contribution in [0.3, 0.4) is 0 Å². The van der Waals surface area contributed by atoms with Gasteiger partial charge in [-0.15, -0.1) is 10.2 Å². The van der Waals surface area contributed by atoms with Crippen molar-refractivity contribution in [3.63, 3.8) is 0 Å². The molecule has 6 nitrogen and oxygen atoms in total. The van der Waals surface area contributed by atoms with Crippen LogP contribution in [-0.2, 0) is 0 Å². The zero-order valence-corrected chi connectivity index (χ0v) is 10.8.